The van der Waals surface area contributed by atoms with Crippen molar-refractivity contribution in [1.82, 2.24) is 9.80 Å². The standard InChI is InChI=1S/C17H24N2O4/c1-13(2)10-18-8-9-19(11-15(18)16(20)21)17(22)23-12-14-6-4-3-5-7-14/h3-7,13,15H,8-12H2,1-2H3,(H,20,21)/t15-/m0/s1. The molecule has 1 aliphatic heterocycles. The molecular weight excluding hydrogens is 296 g/mol. The van der Waals surface area contributed by atoms with Crippen LogP contribution in [0.5, 0.6) is 0 Å². The van der Waals surface area contributed by atoms with Gasteiger partial charge >= 0.3 is 12.1 Å². The number of piperazine rings is 1. The third kappa shape index (κ3) is 4.96. The molecule has 0 aromatic heterocycles. The number of nitrogens with zero attached hydrogens (tertiary/aromatic N) is 2. The fraction of sp³-hybridized carbons (Fsp3) is 0.529. The Morgan fingerprint density at radius 3 is 2.57 bits per heavy atom. The summed E-state index contributed by atoms with van der Waals surface area (Å²) >= 11 is 0. The first-order chi connectivity index (χ1) is 11.0. The van der Waals surface area contributed by atoms with Gasteiger partial charge in [-0.3, -0.25) is 9.69 Å². The van der Waals surface area contributed by atoms with Crippen LogP contribution in [-0.4, -0.2) is 59.2 Å². The van der Waals surface area contributed by atoms with E-state index in [-0.39, 0.29) is 13.2 Å². The van der Waals surface area contributed by atoms with Crippen LogP contribution in [0.2, 0.25) is 0 Å². The highest BCUT2D eigenvalue weighted by Crippen LogP contribution is 2.14. The maximum Gasteiger partial charge on any atom is 0.410 e. The van der Waals surface area contributed by atoms with Gasteiger partial charge in [-0.2, -0.15) is 0 Å². The number of amides is 1. The lowest BCUT2D eigenvalue weighted by atomic mass is 10.1. The van der Waals surface area contributed by atoms with E-state index in [2.05, 4.69) is 13.8 Å². The van der Waals surface area contributed by atoms with Crippen molar-refractivity contribution in [3.63, 3.8) is 0 Å². The van der Waals surface area contributed by atoms with E-state index in [0.29, 0.717) is 25.6 Å². The van der Waals surface area contributed by atoms with Gasteiger partial charge in [-0.1, -0.05) is 44.2 Å². The molecular formula is C17H24N2O4. The van der Waals surface area contributed by atoms with E-state index in [4.69, 9.17) is 4.74 Å². The van der Waals surface area contributed by atoms with Gasteiger partial charge in [0.1, 0.15) is 12.6 Å². The van der Waals surface area contributed by atoms with E-state index in [1.807, 2.05) is 35.2 Å². The number of carbonyl (C=O) groups is 2. The molecule has 1 aliphatic rings. The second-order valence-electron chi connectivity index (χ2n) is 6.23. The molecule has 1 atom stereocenters. The highest BCUT2D eigenvalue weighted by Gasteiger charge is 2.34. The summed E-state index contributed by atoms with van der Waals surface area (Å²) < 4.78 is 5.29. The van der Waals surface area contributed by atoms with Crippen molar-refractivity contribution in [2.45, 2.75) is 26.5 Å². The Morgan fingerprint density at radius 2 is 1.96 bits per heavy atom. The average molecular weight is 320 g/mol. The fourth-order valence-corrected chi connectivity index (χ4v) is 2.72. The zero-order chi connectivity index (χ0) is 16.8. The summed E-state index contributed by atoms with van der Waals surface area (Å²) in [5.41, 5.74) is 0.911. The Hall–Kier alpha value is -2.08. The van der Waals surface area contributed by atoms with Gasteiger partial charge in [0.15, 0.2) is 0 Å². The Bertz CT molecular complexity index is 533. The van der Waals surface area contributed by atoms with Crippen molar-refractivity contribution >= 4 is 12.1 Å². The summed E-state index contributed by atoms with van der Waals surface area (Å²) in [7, 11) is 0. The van der Waals surface area contributed by atoms with Crippen LogP contribution >= 0.6 is 0 Å². The lowest BCUT2D eigenvalue weighted by Crippen LogP contribution is -2.58. The largest absolute Gasteiger partial charge is 0.480 e. The zero-order valence-electron chi connectivity index (χ0n) is 13.6. The molecule has 23 heavy (non-hydrogen) atoms. The highest BCUT2D eigenvalue weighted by molar-refractivity contribution is 5.76. The van der Waals surface area contributed by atoms with Gasteiger partial charge in [0.25, 0.3) is 0 Å². The number of carbonyl (C=O) groups excluding carboxylic acids is 1. The molecule has 1 amide bonds. The first kappa shape index (κ1) is 17.3. The predicted molar refractivity (Wildman–Crippen MR) is 86.0 cm³/mol. The topological polar surface area (TPSA) is 70.1 Å². The van der Waals surface area contributed by atoms with Gasteiger partial charge in [0.05, 0.1) is 6.54 Å². The van der Waals surface area contributed by atoms with Gasteiger partial charge in [-0.25, -0.2) is 4.79 Å². The Balaban J connectivity index is 1.90. The Morgan fingerprint density at radius 1 is 1.26 bits per heavy atom. The molecule has 0 unspecified atom stereocenters. The normalized spacial score (nSPS) is 18.9. The number of aliphatic carboxylic acids is 1. The van der Waals surface area contributed by atoms with Crippen molar-refractivity contribution in [2.75, 3.05) is 26.2 Å². The Kier molecular flexibility index (Phi) is 5.98. The molecule has 1 N–H and O–H groups in total. The van der Waals surface area contributed by atoms with Crippen molar-refractivity contribution in [1.29, 1.82) is 0 Å². The zero-order valence-corrected chi connectivity index (χ0v) is 13.6. The quantitative estimate of drug-likeness (QED) is 0.899. The number of carboxylic acid groups (broad SMARTS) is 1. The molecule has 1 fully saturated rings. The van der Waals surface area contributed by atoms with Crippen LogP contribution < -0.4 is 0 Å². The van der Waals surface area contributed by atoms with E-state index in [9.17, 15) is 14.7 Å². The van der Waals surface area contributed by atoms with Crippen molar-refractivity contribution in [2.24, 2.45) is 5.92 Å². The van der Waals surface area contributed by atoms with E-state index in [0.717, 1.165) is 5.56 Å². The van der Waals surface area contributed by atoms with Crippen LogP contribution in [0.1, 0.15) is 19.4 Å². The number of hydrogen-bond donors (Lipinski definition) is 1. The predicted octanol–water partition coefficient (Wildman–Crippen LogP) is 2.05. The number of hydrogen-bond acceptors (Lipinski definition) is 4. The minimum atomic E-state index is -0.897. The summed E-state index contributed by atoms with van der Waals surface area (Å²) in [5.74, 6) is -0.514. The van der Waals surface area contributed by atoms with E-state index >= 15 is 0 Å². The van der Waals surface area contributed by atoms with Crippen LogP contribution in [-0.2, 0) is 16.1 Å². The molecule has 2 rings (SSSR count). The van der Waals surface area contributed by atoms with Crippen molar-refractivity contribution in [3.05, 3.63) is 35.9 Å². The van der Waals surface area contributed by atoms with Crippen LogP contribution in [0, 0.1) is 5.92 Å². The van der Waals surface area contributed by atoms with Gasteiger partial charge in [-0.15, -0.1) is 0 Å². The lowest BCUT2D eigenvalue weighted by molar-refractivity contribution is -0.145. The maximum absolute atomic E-state index is 12.2. The van der Waals surface area contributed by atoms with Gasteiger partial charge in [-0.05, 0) is 11.5 Å². The molecule has 1 aromatic carbocycles. The molecule has 1 aromatic rings. The molecule has 0 saturated carbocycles. The number of carboxylic acids is 1. The molecule has 6 heteroatoms. The molecule has 1 heterocycles. The van der Waals surface area contributed by atoms with E-state index in [1.165, 1.54) is 4.90 Å². The summed E-state index contributed by atoms with van der Waals surface area (Å²) in [6, 6.07) is 8.76. The fourth-order valence-electron chi connectivity index (χ4n) is 2.72. The SMILES string of the molecule is CC(C)CN1CCN(C(=O)OCc2ccccc2)C[C@H]1C(=O)O. The molecule has 6 nitrogen and oxygen atoms in total. The average Bonchev–Trinajstić information content (AvgIpc) is 2.53. The summed E-state index contributed by atoms with van der Waals surface area (Å²) in [6.07, 6.45) is -0.454. The Labute approximate surface area is 136 Å². The maximum atomic E-state index is 12.2. The van der Waals surface area contributed by atoms with Crippen molar-refractivity contribution in [3.8, 4) is 0 Å². The summed E-state index contributed by atoms with van der Waals surface area (Å²) in [4.78, 5) is 27.0. The summed E-state index contributed by atoms with van der Waals surface area (Å²) in [6.45, 7) is 6.22. The van der Waals surface area contributed by atoms with Gasteiger partial charge in [0, 0.05) is 19.6 Å². The van der Waals surface area contributed by atoms with Crippen LogP contribution in [0.3, 0.4) is 0 Å². The highest BCUT2D eigenvalue weighted by atomic mass is 16.6. The number of ether oxygens (including phenoxy) is 1. The number of rotatable bonds is 5. The number of benzene rings is 1. The first-order valence-corrected chi connectivity index (χ1v) is 7.90. The minimum Gasteiger partial charge on any atom is -0.480 e. The van der Waals surface area contributed by atoms with E-state index in [1.54, 1.807) is 0 Å². The summed E-state index contributed by atoms with van der Waals surface area (Å²) in [5, 5.41) is 9.41. The first-order valence-electron chi connectivity index (χ1n) is 7.90. The molecule has 0 radical (unpaired) electrons. The molecule has 0 aliphatic carbocycles. The third-order valence-electron chi connectivity index (χ3n) is 3.84. The van der Waals surface area contributed by atoms with Gasteiger partial charge in [0.2, 0.25) is 0 Å². The van der Waals surface area contributed by atoms with Crippen molar-refractivity contribution < 1.29 is 19.4 Å². The second-order valence-corrected chi connectivity index (χ2v) is 6.23. The lowest BCUT2D eigenvalue weighted by Gasteiger charge is -2.39. The van der Waals surface area contributed by atoms with Crippen LogP contribution in [0.25, 0.3) is 0 Å². The smallest absolute Gasteiger partial charge is 0.410 e. The van der Waals surface area contributed by atoms with E-state index < -0.39 is 18.1 Å². The van der Waals surface area contributed by atoms with Crippen LogP contribution in [0.4, 0.5) is 4.79 Å². The monoisotopic (exact) mass is 320 g/mol. The van der Waals surface area contributed by atoms with Crippen LogP contribution in [0.15, 0.2) is 30.3 Å². The second kappa shape index (κ2) is 7.97. The minimum absolute atomic E-state index is 0.162. The van der Waals surface area contributed by atoms with Gasteiger partial charge < -0.3 is 14.7 Å². The molecule has 126 valence electrons. The molecule has 0 spiro atoms. The molecule has 1 saturated heterocycles. The molecule has 0 bridgehead atoms. The third-order valence-corrected chi connectivity index (χ3v) is 3.84.